The Labute approximate surface area is 95.6 Å². The summed E-state index contributed by atoms with van der Waals surface area (Å²) in [5, 5.41) is 0. The lowest BCUT2D eigenvalue weighted by atomic mass is 10.2. The van der Waals surface area contributed by atoms with E-state index in [-0.39, 0.29) is 0 Å². The van der Waals surface area contributed by atoms with Crippen molar-refractivity contribution in [3.63, 3.8) is 0 Å². The van der Waals surface area contributed by atoms with E-state index in [1.54, 1.807) is 0 Å². The lowest BCUT2D eigenvalue weighted by Crippen LogP contribution is -1.81. The smallest absolute Gasteiger partial charge is 0.120 e. The number of hydrogen-bond acceptors (Lipinski definition) is 2. The third-order valence-electron chi connectivity index (χ3n) is 2.08. The molecule has 0 spiro atoms. The molecule has 1 aromatic carbocycles. The Morgan fingerprint density at radius 1 is 1.33 bits per heavy atom. The number of carbonyl (C=O) groups is 1. The molecule has 0 atom stereocenters. The minimum atomic E-state index is 0.637. The molecule has 0 bridgehead atoms. The summed E-state index contributed by atoms with van der Waals surface area (Å²) < 4.78 is 0. The molecule has 1 nitrogen and oxygen atoms in total. The third kappa shape index (κ3) is 5.43. The zero-order chi connectivity index (χ0) is 10.9. The van der Waals surface area contributed by atoms with Gasteiger partial charge in [-0.05, 0) is 25.5 Å². The number of allylic oxidation sites excluding steroid dienone is 1. The average Bonchev–Trinajstić information content (AvgIpc) is 2.28. The van der Waals surface area contributed by atoms with Gasteiger partial charge in [-0.1, -0.05) is 29.8 Å². The van der Waals surface area contributed by atoms with Crippen LogP contribution in [0.3, 0.4) is 0 Å². The highest BCUT2D eigenvalue weighted by Crippen LogP contribution is 2.17. The van der Waals surface area contributed by atoms with Gasteiger partial charge in [0.05, 0.1) is 0 Å². The van der Waals surface area contributed by atoms with Gasteiger partial charge >= 0.3 is 0 Å². The number of carbonyl (C=O) groups excluding carboxylic acids is 1. The fraction of sp³-hybridized carbons (Fsp3) is 0.308. The molecule has 15 heavy (non-hydrogen) atoms. The van der Waals surface area contributed by atoms with Gasteiger partial charge in [-0.2, -0.15) is 0 Å². The van der Waals surface area contributed by atoms with Gasteiger partial charge in [0.15, 0.2) is 0 Å². The Balaban J connectivity index is 2.29. The first-order valence-corrected chi connectivity index (χ1v) is 6.08. The maximum atomic E-state index is 10.2. The van der Waals surface area contributed by atoms with Crippen molar-refractivity contribution in [2.75, 3.05) is 5.75 Å². The molecular weight excluding hydrogens is 204 g/mol. The quantitative estimate of drug-likeness (QED) is 0.413. The van der Waals surface area contributed by atoms with Gasteiger partial charge in [-0.15, -0.1) is 11.8 Å². The van der Waals surface area contributed by atoms with Crippen molar-refractivity contribution in [1.82, 2.24) is 0 Å². The van der Waals surface area contributed by atoms with Crippen LogP contribution in [0.4, 0.5) is 0 Å². The van der Waals surface area contributed by atoms with E-state index in [9.17, 15) is 4.79 Å². The highest BCUT2D eigenvalue weighted by atomic mass is 32.2. The van der Waals surface area contributed by atoms with Crippen LogP contribution in [0.15, 0.2) is 46.9 Å². The highest BCUT2D eigenvalue weighted by molar-refractivity contribution is 7.99. The first-order valence-electron chi connectivity index (χ1n) is 5.10. The molecule has 1 rings (SSSR count). The Bertz CT molecular complexity index is 317. The monoisotopic (exact) mass is 220 g/mol. The van der Waals surface area contributed by atoms with Crippen LogP contribution in [0.1, 0.15) is 19.8 Å². The molecule has 0 saturated carbocycles. The van der Waals surface area contributed by atoms with Crippen molar-refractivity contribution in [2.45, 2.75) is 24.7 Å². The molecule has 0 amide bonds. The summed E-state index contributed by atoms with van der Waals surface area (Å²) in [6.45, 7) is 2.08. The molecule has 0 saturated heterocycles. The number of aldehydes is 1. The molecule has 0 heterocycles. The van der Waals surface area contributed by atoms with E-state index in [2.05, 4.69) is 25.1 Å². The molecule has 0 aromatic heterocycles. The number of hydrogen-bond donors (Lipinski definition) is 0. The van der Waals surface area contributed by atoms with E-state index in [1.807, 2.05) is 30.0 Å². The van der Waals surface area contributed by atoms with E-state index in [0.717, 1.165) is 18.5 Å². The Morgan fingerprint density at radius 3 is 2.73 bits per heavy atom. The van der Waals surface area contributed by atoms with Crippen LogP contribution in [0.5, 0.6) is 0 Å². The molecule has 0 unspecified atom stereocenters. The molecule has 0 aliphatic rings. The van der Waals surface area contributed by atoms with Crippen LogP contribution >= 0.6 is 11.8 Å². The molecule has 1 aromatic rings. The minimum absolute atomic E-state index is 0.637. The number of benzene rings is 1. The Kier molecular flexibility index (Phi) is 5.86. The zero-order valence-electron chi connectivity index (χ0n) is 8.98. The SMILES string of the molecule is CC(=CCSc1ccccc1)CCC=O. The summed E-state index contributed by atoms with van der Waals surface area (Å²) in [5.41, 5.74) is 1.30. The van der Waals surface area contributed by atoms with Crippen molar-refractivity contribution in [3.8, 4) is 0 Å². The molecule has 0 fully saturated rings. The molecule has 2 heteroatoms. The van der Waals surface area contributed by atoms with Gasteiger partial charge in [-0.25, -0.2) is 0 Å². The van der Waals surface area contributed by atoms with Gasteiger partial charge < -0.3 is 4.79 Å². The second-order valence-electron chi connectivity index (χ2n) is 3.38. The van der Waals surface area contributed by atoms with Crippen LogP contribution < -0.4 is 0 Å². The van der Waals surface area contributed by atoms with Gasteiger partial charge in [0.1, 0.15) is 6.29 Å². The van der Waals surface area contributed by atoms with Crippen molar-refractivity contribution in [2.24, 2.45) is 0 Å². The van der Waals surface area contributed by atoms with Crippen LogP contribution in [-0.4, -0.2) is 12.0 Å². The maximum absolute atomic E-state index is 10.2. The second-order valence-corrected chi connectivity index (χ2v) is 4.47. The maximum Gasteiger partial charge on any atom is 0.120 e. The summed E-state index contributed by atoms with van der Waals surface area (Å²) in [4.78, 5) is 11.5. The van der Waals surface area contributed by atoms with Crippen molar-refractivity contribution < 1.29 is 4.79 Å². The number of rotatable bonds is 6. The van der Waals surface area contributed by atoms with E-state index in [1.165, 1.54) is 10.5 Å². The fourth-order valence-corrected chi connectivity index (χ4v) is 2.10. The van der Waals surface area contributed by atoms with Gasteiger partial charge in [0.2, 0.25) is 0 Å². The molecule has 0 aliphatic heterocycles. The average molecular weight is 220 g/mol. The van der Waals surface area contributed by atoms with Gasteiger partial charge in [0, 0.05) is 17.1 Å². The molecule has 0 aliphatic carbocycles. The Morgan fingerprint density at radius 2 is 2.07 bits per heavy atom. The van der Waals surface area contributed by atoms with E-state index in [4.69, 9.17) is 0 Å². The van der Waals surface area contributed by atoms with Crippen LogP contribution in [-0.2, 0) is 4.79 Å². The lowest BCUT2D eigenvalue weighted by Gasteiger charge is -1.99. The summed E-state index contributed by atoms with van der Waals surface area (Å²) in [7, 11) is 0. The summed E-state index contributed by atoms with van der Waals surface area (Å²) in [6, 6.07) is 10.3. The standard InChI is InChI=1S/C13H16OS/c1-12(6-5-10-14)9-11-15-13-7-3-2-4-8-13/h2-4,7-10H,5-6,11H2,1H3. The summed E-state index contributed by atoms with van der Waals surface area (Å²) in [6.07, 6.45) is 4.69. The van der Waals surface area contributed by atoms with Crippen molar-refractivity contribution in [1.29, 1.82) is 0 Å². The first kappa shape index (κ1) is 12.1. The minimum Gasteiger partial charge on any atom is -0.303 e. The van der Waals surface area contributed by atoms with Crippen LogP contribution in [0, 0.1) is 0 Å². The Hall–Kier alpha value is -1.02. The predicted molar refractivity (Wildman–Crippen MR) is 66.2 cm³/mol. The van der Waals surface area contributed by atoms with Crippen LogP contribution in [0.2, 0.25) is 0 Å². The normalized spacial score (nSPS) is 11.4. The second kappa shape index (κ2) is 7.30. The van der Waals surface area contributed by atoms with Crippen molar-refractivity contribution >= 4 is 18.0 Å². The summed E-state index contributed by atoms with van der Waals surface area (Å²) >= 11 is 1.82. The van der Waals surface area contributed by atoms with E-state index < -0.39 is 0 Å². The zero-order valence-corrected chi connectivity index (χ0v) is 9.80. The van der Waals surface area contributed by atoms with Gasteiger partial charge in [-0.3, -0.25) is 0 Å². The largest absolute Gasteiger partial charge is 0.303 e. The van der Waals surface area contributed by atoms with E-state index >= 15 is 0 Å². The molecular formula is C13H16OS. The molecule has 0 N–H and O–H groups in total. The number of thioether (sulfide) groups is 1. The predicted octanol–water partition coefficient (Wildman–Crippen LogP) is 3.70. The molecule has 80 valence electrons. The highest BCUT2D eigenvalue weighted by Gasteiger charge is 1.91. The van der Waals surface area contributed by atoms with Crippen molar-refractivity contribution in [3.05, 3.63) is 42.0 Å². The van der Waals surface area contributed by atoms with Crippen LogP contribution in [0.25, 0.3) is 0 Å². The molecule has 0 radical (unpaired) electrons. The topological polar surface area (TPSA) is 17.1 Å². The first-order chi connectivity index (χ1) is 7.33. The fourth-order valence-electron chi connectivity index (χ4n) is 1.19. The van der Waals surface area contributed by atoms with Gasteiger partial charge in [0.25, 0.3) is 0 Å². The third-order valence-corrected chi connectivity index (χ3v) is 3.02. The summed E-state index contributed by atoms with van der Waals surface area (Å²) in [5.74, 6) is 0.981. The lowest BCUT2D eigenvalue weighted by molar-refractivity contribution is -0.107. The van der Waals surface area contributed by atoms with E-state index in [0.29, 0.717) is 6.42 Å².